The van der Waals surface area contributed by atoms with Gasteiger partial charge in [-0.25, -0.2) is 4.79 Å². The molecule has 1 unspecified atom stereocenters. The molecule has 1 amide bonds. The Morgan fingerprint density at radius 1 is 1.30 bits per heavy atom. The molecule has 108 valence electrons. The van der Waals surface area contributed by atoms with Gasteiger partial charge in [0.1, 0.15) is 6.04 Å². The van der Waals surface area contributed by atoms with Crippen molar-refractivity contribution >= 4 is 45.4 Å². The third-order valence-corrected chi connectivity index (χ3v) is 3.23. The molecule has 6 nitrogen and oxygen atoms in total. The summed E-state index contributed by atoms with van der Waals surface area (Å²) in [5.74, 6) is -3.10. The third kappa shape index (κ3) is 4.82. The quantitative estimate of drug-likeness (QED) is 0.717. The highest BCUT2D eigenvalue weighted by atomic mass is 79.9. The summed E-state index contributed by atoms with van der Waals surface area (Å²) in [6, 6.07) is 3.26. The second-order valence-corrected chi connectivity index (χ2v) is 5.24. The van der Waals surface area contributed by atoms with E-state index in [1.165, 1.54) is 12.1 Å². The fourth-order valence-electron chi connectivity index (χ4n) is 1.43. The van der Waals surface area contributed by atoms with Gasteiger partial charge in [-0.05, 0) is 24.6 Å². The third-order valence-electron chi connectivity index (χ3n) is 2.43. The van der Waals surface area contributed by atoms with Crippen molar-refractivity contribution in [3.8, 4) is 0 Å². The fourth-order valence-corrected chi connectivity index (χ4v) is 2.19. The van der Waals surface area contributed by atoms with Gasteiger partial charge in [-0.3, -0.25) is 9.59 Å². The number of halogens is 2. The smallest absolute Gasteiger partial charge is 0.326 e. The molecular weight excluding hydrogens is 353 g/mol. The van der Waals surface area contributed by atoms with Gasteiger partial charge in [0, 0.05) is 10.9 Å². The van der Waals surface area contributed by atoms with Crippen LogP contribution in [0.15, 0.2) is 22.7 Å². The number of carbonyl (C=O) groups is 3. The van der Waals surface area contributed by atoms with Gasteiger partial charge in [0.15, 0.2) is 0 Å². The molecule has 8 heteroatoms. The maximum Gasteiger partial charge on any atom is 0.326 e. The number of rotatable bonds is 6. The summed E-state index contributed by atoms with van der Waals surface area (Å²) in [4.78, 5) is 33.3. The van der Waals surface area contributed by atoms with Gasteiger partial charge in [0.25, 0.3) is 5.91 Å². The largest absolute Gasteiger partial charge is 0.481 e. The topological polar surface area (TPSA) is 104 Å². The molecule has 1 aromatic carbocycles. The molecule has 1 rings (SSSR count). The molecule has 1 atom stereocenters. The minimum atomic E-state index is -1.30. The zero-order valence-corrected chi connectivity index (χ0v) is 12.4. The van der Waals surface area contributed by atoms with Crippen molar-refractivity contribution < 1.29 is 24.6 Å². The van der Waals surface area contributed by atoms with E-state index in [9.17, 15) is 14.4 Å². The molecule has 0 aliphatic rings. The lowest BCUT2D eigenvalue weighted by atomic mass is 10.1. The first kappa shape index (κ1) is 16.5. The molecule has 0 aromatic heterocycles. The van der Waals surface area contributed by atoms with Crippen LogP contribution in [0, 0.1) is 0 Å². The number of carboxylic acid groups (broad SMARTS) is 2. The minimum Gasteiger partial charge on any atom is -0.481 e. The first-order valence-corrected chi connectivity index (χ1v) is 6.69. The van der Waals surface area contributed by atoms with Crippen molar-refractivity contribution in [3.05, 3.63) is 33.3 Å². The molecule has 0 bridgehead atoms. The molecule has 0 aliphatic carbocycles. The molecule has 3 N–H and O–H groups in total. The Balaban J connectivity index is 2.80. The highest BCUT2D eigenvalue weighted by Gasteiger charge is 2.22. The molecule has 0 saturated carbocycles. The Morgan fingerprint density at radius 2 is 1.95 bits per heavy atom. The molecule has 0 spiro atoms. The van der Waals surface area contributed by atoms with Crippen LogP contribution in [0.1, 0.15) is 23.2 Å². The van der Waals surface area contributed by atoms with E-state index in [0.29, 0.717) is 4.47 Å². The zero-order chi connectivity index (χ0) is 15.3. The molecule has 0 saturated heterocycles. The highest BCUT2D eigenvalue weighted by Crippen LogP contribution is 2.21. The van der Waals surface area contributed by atoms with Crippen LogP contribution in [0.4, 0.5) is 0 Å². The van der Waals surface area contributed by atoms with Crippen LogP contribution < -0.4 is 5.32 Å². The lowest BCUT2D eigenvalue weighted by Gasteiger charge is -2.14. The predicted octanol–water partition coefficient (Wildman–Crippen LogP) is 2.15. The first-order chi connectivity index (χ1) is 9.31. The van der Waals surface area contributed by atoms with E-state index < -0.39 is 23.9 Å². The second-order valence-electron chi connectivity index (χ2n) is 3.92. The summed E-state index contributed by atoms with van der Waals surface area (Å²) in [6.07, 6.45) is -0.560. The van der Waals surface area contributed by atoms with Crippen LogP contribution in [0.25, 0.3) is 0 Å². The Morgan fingerprint density at radius 3 is 2.45 bits per heavy atom. The summed E-state index contributed by atoms with van der Waals surface area (Å²) in [7, 11) is 0. The number of carbonyl (C=O) groups excluding carboxylic acids is 1. The fraction of sp³-hybridized carbons (Fsp3) is 0.250. The maximum absolute atomic E-state index is 11.9. The lowest BCUT2D eigenvalue weighted by molar-refractivity contribution is -0.140. The summed E-state index contributed by atoms with van der Waals surface area (Å²) in [6.45, 7) is 0. The van der Waals surface area contributed by atoms with Crippen LogP contribution in [0.3, 0.4) is 0 Å². The van der Waals surface area contributed by atoms with Crippen molar-refractivity contribution in [3.63, 3.8) is 0 Å². The van der Waals surface area contributed by atoms with Crippen LogP contribution in [0.2, 0.25) is 5.02 Å². The Kier molecular flexibility index (Phi) is 5.97. The van der Waals surface area contributed by atoms with Crippen molar-refractivity contribution in [1.82, 2.24) is 5.32 Å². The Hall–Kier alpha value is -1.60. The van der Waals surface area contributed by atoms with E-state index in [-0.39, 0.29) is 23.4 Å². The van der Waals surface area contributed by atoms with E-state index in [0.717, 1.165) is 0 Å². The van der Waals surface area contributed by atoms with E-state index in [2.05, 4.69) is 21.2 Å². The molecule has 0 radical (unpaired) electrons. The molecule has 1 aromatic rings. The van der Waals surface area contributed by atoms with Gasteiger partial charge in [0.2, 0.25) is 0 Å². The van der Waals surface area contributed by atoms with E-state index in [1.54, 1.807) is 6.07 Å². The first-order valence-electron chi connectivity index (χ1n) is 5.51. The van der Waals surface area contributed by atoms with Crippen molar-refractivity contribution in [1.29, 1.82) is 0 Å². The maximum atomic E-state index is 11.9. The Labute approximate surface area is 127 Å². The second kappa shape index (κ2) is 7.25. The van der Waals surface area contributed by atoms with Crippen LogP contribution in [-0.4, -0.2) is 34.1 Å². The van der Waals surface area contributed by atoms with Crippen molar-refractivity contribution in [2.75, 3.05) is 0 Å². The van der Waals surface area contributed by atoms with E-state index in [1.807, 2.05) is 0 Å². The zero-order valence-electron chi connectivity index (χ0n) is 10.1. The van der Waals surface area contributed by atoms with Gasteiger partial charge in [-0.15, -0.1) is 0 Å². The lowest BCUT2D eigenvalue weighted by Crippen LogP contribution is -2.41. The van der Waals surface area contributed by atoms with Crippen molar-refractivity contribution in [2.24, 2.45) is 0 Å². The number of hydrogen-bond donors (Lipinski definition) is 3. The molecular formula is C12H11BrClNO5. The van der Waals surface area contributed by atoms with Gasteiger partial charge in [-0.1, -0.05) is 27.5 Å². The molecule has 0 fully saturated rings. The minimum absolute atomic E-state index is 0.122. The number of nitrogens with one attached hydrogen (secondary N) is 1. The van der Waals surface area contributed by atoms with E-state index in [4.69, 9.17) is 21.8 Å². The Bertz CT molecular complexity index is 549. The summed E-state index contributed by atoms with van der Waals surface area (Å²) in [5.41, 5.74) is 0.122. The van der Waals surface area contributed by atoms with E-state index >= 15 is 0 Å². The van der Waals surface area contributed by atoms with Gasteiger partial charge in [-0.2, -0.15) is 0 Å². The number of carboxylic acids is 2. The average molecular weight is 365 g/mol. The normalized spacial score (nSPS) is 11.7. The standard InChI is InChI=1S/C12H11BrClNO5/c13-6-1-2-7(8(14)5-6)11(18)15-9(12(19)20)3-4-10(16)17/h1-2,5,9H,3-4H2,(H,15,18)(H,16,17)(H,19,20). The average Bonchev–Trinajstić information content (AvgIpc) is 2.33. The molecule has 20 heavy (non-hydrogen) atoms. The number of amides is 1. The van der Waals surface area contributed by atoms with Gasteiger partial charge < -0.3 is 15.5 Å². The number of aliphatic carboxylic acids is 2. The monoisotopic (exact) mass is 363 g/mol. The van der Waals surface area contributed by atoms with Gasteiger partial charge >= 0.3 is 11.9 Å². The van der Waals surface area contributed by atoms with Crippen molar-refractivity contribution in [2.45, 2.75) is 18.9 Å². The highest BCUT2D eigenvalue weighted by molar-refractivity contribution is 9.10. The number of benzene rings is 1. The summed E-state index contributed by atoms with van der Waals surface area (Å²) in [5, 5.41) is 19.9. The van der Waals surface area contributed by atoms with Crippen LogP contribution in [0.5, 0.6) is 0 Å². The summed E-state index contributed by atoms with van der Waals surface area (Å²) < 4.78 is 0.680. The van der Waals surface area contributed by atoms with Crippen LogP contribution >= 0.6 is 27.5 Å². The predicted molar refractivity (Wildman–Crippen MR) is 74.9 cm³/mol. The molecule has 0 aliphatic heterocycles. The SMILES string of the molecule is O=C(O)CCC(NC(=O)c1ccc(Br)cc1Cl)C(=O)O. The number of hydrogen-bond acceptors (Lipinski definition) is 3. The van der Waals surface area contributed by atoms with Gasteiger partial charge in [0.05, 0.1) is 10.6 Å². The van der Waals surface area contributed by atoms with Crippen LogP contribution in [-0.2, 0) is 9.59 Å². The molecule has 0 heterocycles. The summed E-state index contributed by atoms with van der Waals surface area (Å²) >= 11 is 9.07.